The van der Waals surface area contributed by atoms with Crippen molar-refractivity contribution in [1.29, 1.82) is 0 Å². The lowest BCUT2D eigenvalue weighted by Gasteiger charge is -2.23. The number of aromatic nitrogens is 2. The molecule has 6 nitrogen and oxygen atoms in total. The second kappa shape index (κ2) is 6.37. The van der Waals surface area contributed by atoms with Gasteiger partial charge in [0.1, 0.15) is 5.01 Å². The number of hydrogen-bond donors (Lipinski definition) is 1. The SMILES string of the molecule is Cc1cc(CNC(=O)N(C)[C@H](C)c2nc3ccccc3s2)on1. The number of rotatable bonds is 4. The van der Waals surface area contributed by atoms with Gasteiger partial charge in [-0.25, -0.2) is 9.78 Å². The second-order valence-corrected chi connectivity index (χ2v) is 6.46. The Kier molecular flexibility index (Phi) is 4.29. The van der Waals surface area contributed by atoms with Crippen molar-refractivity contribution < 1.29 is 9.32 Å². The van der Waals surface area contributed by atoms with Crippen molar-refractivity contribution in [2.75, 3.05) is 7.05 Å². The van der Waals surface area contributed by atoms with Gasteiger partial charge in [-0.3, -0.25) is 0 Å². The third kappa shape index (κ3) is 3.34. The molecule has 120 valence electrons. The Balaban J connectivity index is 1.65. The first-order valence-electron chi connectivity index (χ1n) is 7.33. The van der Waals surface area contributed by atoms with Crippen molar-refractivity contribution in [3.8, 4) is 0 Å². The fourth-order valence-corrected chi connectivity index (χ4v) is 3.26. The van der Waals surface area contributed by atoms with E-state index < -0.39 is 0 Å². The van der Waals surface area contributed by atoms with Crippen LogP contribution in [0, 0.1) is 6.92 Å². The minimum absolute atomic E-state index is 0.108. The smallest absolute Gasteiger partial charge is 0.318 e. The summed E-state index contributed by atoms with van der Waals surface area (Å²) in [5.41, 5.74) is 1.76. The number of carbonyl (C=O) groups excluding carboxylic acids is 1. The monoisotopic (exact) mass is 330 g/mol. The Hall–Kier alpha value is -2.41. The highest BCUT2D eigenvalue weighted by Crippen LogP contribution is 2.28. The molecule has 3 rings (SSSR count). The summed E-state index contributed by atoms with van der Waals surface area (Å²) in [6.45, 7) is 4.13. The summed E-state index contributed by atoms with van der Waals surface area (Å²) >= 11 is 1.61. The largest absolute Gasteiger partial charge is 0.359 e. The molecule has 3 aromatic rings. The molecule has 0 aliphatic rings. The summed E-state index contributed by atoms with van der Waals surface area (Å²) in [7, 11) is 1.76. The fourth-order valence-electron chi connectivity index (χ4n) is 2.20. The van der Waals surface area contributed by atoms with Crippen LogP contribution in [0.25, 0.3) is 10.2 Å². The van der Waals surface area contributed by atoms with Gasteiger partial charge in [0.15, 0.2) is 5.76 Å². The number of thiazole rings is 1. The van der Waals surface area contributed by atoms with Gasteiger partial charge in [-0.15, -0.1) is 11.3 Å². The Morgan fingerprint density at radius 2 is 2.22 bits per heavy atom. The second-order valence-electron chi connectivity index (χ2n) is 5.40. The van der Waals surface area contributed by atoms with Crippen molar-refractivity contribution >= 4 is 27.6 Å². The number of benzene rings is 1. The van der Waals surface area contributed by atoms with Crippen LogP contribution >= 0.6 is 11.3 Å². The van der Waals surface area contributed by atoms with E-state index in [2.05, 4.69) is 15.5 Å². The average molecular weight is 330 g/mol. The van der Waals surface area contributed by atoms with Crippen LogP contribution in [0.2, 0.25) is 0 Å². The summed E-state index contributed by atoms with van der Waals surface area (Å²) in [5.74, 6) is 0.636. The Labute approximate surface area is 138 Å². The van der Waals surface area contributed by atoms with E-state index in [4.69, 9.17) is 4.52 Å². The van der Waals surface area contributed by atoms with Gasteiger partial charge in [0, 0.05) is 13.1 Å². The standard InChI is InChI=1S/C16H18N4O2S/c1-10-8-12(22-19-10)9-17-16(21)20(3)11(2)15-18-13-6-4-5-7-14(13)23-15/h4-8,11H,9H2,1-3H3,(H,17,21)/t11-/m1/s1. The van der Waals surface area contributed by atoms with Gasteiger partial charge in [0.2, 0.25) is 0 Å². The van der Waals surface area contributed by atoms with Crippen LogP contribution in [0.5, 0.6) is 0 Å². The van der Waals surface area contributed by atoms with Crippen LogP contribution in [0.15, 0.2) is 34.9 Å². The van der Waals surface area contributed by atoms with E-state index in [1.807, 2.05) is 38.1 Å². The molecule has 0 saturated carbocycles. The topological polar surface area (TPSA) is 71.3 Å². The molecule has 2 heterocycles. The van der Waals surface area contributed by atoms with Crippen molar-refractivity contribution in [3.05, 3.63) is 46.8 Å². The van der Waals surface area contributed by atoms with E-state index in [0.717, 1.165) is 20.9 Å². The Bertz CT molecular complexity index is 793. The van der Waals surface area contributed by atoms with Gasteiger partial charge in [-0.1, -0.05) is 17.3 Å². The molecule has 0 spiro atoms. The van der Waals surface area contributed by atoms with Gasteiger partial charge in [0.25, 0.3) is 0 Å². The molecule has 7 heteroatoms. The molecule has 0 saturated heterocycles. The van der Waals surface area contributed by atoms with E-state index >= 15 is 0 Å². The van der Waals surface area contributed by atoms with Gasteiger partial charge >= 0.3 is 6.03 Å². The number of urea groups is 1. The van der Waals surface area contributed by atoms with E-state index in [-0.39, 0.29) is 12.1 Å². The van der Waals surface area contributed by atoms with Crippen molar-refractivity contribution in [2.24, 2.45) is 0 Å². The van der Waals surface area contributed by atoms with Crippen molar-refractivity contribution in [1.82, 2.24) is 20.4 Å². The molecular formula is C16H18N4O2S. The zero-order valence-electron chi connectivity index (χ0n) is 13.2. The maximum absolute atomic E-state index is 12.3. The molecule has 0 fully saturated rings. The molecule has 1 aromatic carbocycles. The van der Waals surface area contributed by atoms with Crippen LogP contribution in [-0.4, -0.2) is 28.1 Å². The molecule has 0 aliphatic heterocycles. The quantitative estimate of drug-likeness (QED) is 0.795. The summed E-state index contributed by atoms with van der Waals surface area (Å²) in [6, 6.07) is 9.49. The van der Waals surface area contributed by atoms with Gasteiger partial charge < -0.3 is 14.7 Å². The maximum Gasteiger partial charge on any atom is 0.318 e. The molecule has 23 heavy (non-hydrogen) atoms. The highest BCUT2D eigenvalue weighted by molar-refractivity contribution is 7.18. The van der Waals surface area contributed by atoms with Crippen molar-refractivity contribution in [2.45, 2.75) is 26.4 Å². The van der Waals surface area contributed by atoms with Crippen LogP contribution in [-0.2, 0) is 6.54 Å². The summed E-state index contributed by atoms with van der Waals surface area (Å²) in [5, 5.41) is 7.54. The van der Waals surface area contributed by atoms with Crippen LogP contribution in [0.1, 0.15) is 29.4 Å². The molecule has 2 aromatic heterocycles. The first-order chi connectivity index (χ1) is 11.0. The maximum atomic E-state index is 12.3. The minimum atomic E-state index is -0.175. The predicted octanol–water partition coefficient (Wildman–Crippen LogP) is 3.50. The molecule has 0 aliphatic carbocycles. The lowest BCUT2D eigenvalue weighted by Crippen LogP contribution is -2.38. The third-order valence-electron chi connectivity index (χ3n) is 3.66. The Morgan fingerprint density at radius 3 is 2.91 bits per heavy atom. The van der Waals surface area contributed by atoms with E-state index in [1.54, 1.807) is 29.4 Å². The third-order valence-corrected chi connectivity index (χ3v) is 4.87. The first-order valence-corrected chi connectivity index (χ1v) is 8.14. The molecule has 2 amide bonds. The van der Waals surface area contributed by atoms with Gasteiger partial charge in [0.05, 0.1) is 28.5 Å². The zero-order valence-corrected chi connectivity index (χ0v) is 14.1. The number of aryl methyl sites for hydroxylation is 1. The van der Waals surface area contributed by atoms with E-state index in [1.165, 1.54) is 0 Å². The average Bonchev–Trinajstić information content (AvgIpc) is 3.16. The number of nitrogens with one attached hydrogen (secondary N) is 1. The summed E-state index contributed by atoms with van der Waals surface area (Å²) in [4.78, 5) is 18.5. The number of carbonyl (C=O) groups is 1. The van der Waals surface area contributed by atoms with E-state index in [9.17, 15) is 4.79 Å². The summed E-state index contributed by atoms with van der Waals surface area (Å²) < 4.78 is 6.21. The lowest BCUT2D eigenvalue weighted by atomic mass is 10.3. The normalized spacial score (nSPS) is 12.3. The predicted molar refractivity (Wildman–Crippen MR) is 89.3 cm³/mol. The molecular weight excluding hydrogens is 312 g/mol. The van der Waals surface area contributed by atoms with Crippen LogP contribution in [0.3, 0.4) is 0 Å². The van der Waals surface area contributed by atoms with Crippen LogP contribution in [0.4, 0.5) is 4.79 Å². The number of nitrogens with zero attached hydrogens (tertiary/aromatic N) is 3. The fraction of sp³-hybridized carbons (Fsp3) is 0.312. The highest BCUT2D eigenvalue weighted by Gasteiger charge is 2.20. The zero-order chi connectivity index (χ0) is 16.4. The first kappa shape index (κ1) is 15.5. The van der Waals surface area contributed by atoms with Gasteiger partial charge in [-0.05, 0) is 26.0 Å². The summed E-state index contributed by atoms with van der Waals surface area (Å²) in [6.07, 6.45) is 0. The number of amides is 2. The minimum Gasteiger partial charge on any atom is -0.359 e. The number of hydrogen-bond acceptors (Lipinski definition) is 5. The lowest BCUT2D eigenvalue weighted by molar-refractivity contribution is 0.192. The highest BCUT2D eigenvalue weighted by atomic mass is 32.1. The molecule has 0 unspecified atom stereocenters. The van der Waals surface area contributed by atoms with E-state index in [0.29, 0.717) is 12.3 Å². The molecule has 1 atom stereocenters. The van der Waals surface area contributed by atoms with Crippen LogP contribution < -0.4 is 5.32 Å². The molecule has 0 bridgehead atoms. The van der Waals surface area contributed by atoms with Gasteiger partial charge in [-0.2, -0.15) is 0 Å². The Morgan fingerprint density at radius 1 is 1.43 bits per heavy atom. The van der Waals surface area contributed by atoms with Crippen molar-refractivity contribution in [3.63, 3.8) is 0 Å². The number of para-hydroxylation sites is 1. The number of fused-ring (bicyclic) bond motifs is 1. The molecule has 1 N–H and O–H groups in total. The molecule has 0 radical (unpaired) electrons.